The van der Waals surface area contributed by atoms with Crippen molar-refractivity contribution in [2.24, 2.45) is 5.92 Å². The molecule has 8 heteroatoms. The lowest BCUT2D eigenvalue weighted by Gasteiger charge is -2.45. The maximum Gasteiger partial charge on any atom is 0.410 e. The highest BCUT2D eigenvalue weighted by Crippen LogP contribution is 2.44. The highest BCUT2D eigenvalue weighted by atomic mass is 19.1. The number of ether oxygens (including phenoxy) is 3. The average Bonchev–Trinajstić information content (AvgIpc) is 3.30. The second-order valence-corrected chi connectivity index (χ2v) is 12.8. The number of nitrogens with zero attached hydrogens (tertiary/aromatic N) is 2. The third kappa shape index (κ3) is 7.79. The number of esters is 1. The Bertz CT molecular complexity index is 1190. The minimum Gasteiger partial charge on any atom is -0.488 e. The summed E-state index contributed by atoms with van der Waals surface area (Å²) in [4.78, 5) is 28.8. The molecule has 2 aromatic rings. The summed E-state index contributed by atoms with van der Waals surface area (Å²) < 4.78 is 31.4. The van der Waals surface area contributed by atoms with Gasteiger partial charge in [0.25, 0.3) is 0 Å². The zero-order chi connectivity index (χ0) is 29.8. The molecule has 1 aliphatic carbocycles. The van der Waals surface area contributed by atoms with E-state index in [1.54, 1.807) is 26.8 Å². The molecule has 0 unspecified atom stereocenters. The van der Waals surface area contributed by atoms with Crippen LogP contribution in [-0.4, -0.2) is 67.4 Å². The summed E-state index contributed by atoms with van der Waals surface area (Å²) in [7, 11) is 5.64. The monoisotopic (exact) mass is 568 g/mol. The van der Waals surface area contributed by atoms with Crippen molar-refractivity contribution in [2.75, 3.05) is 27.7 Å². The summed E-state index contributed by atoms with van der Waals surface area (Å²) in [5.74, 6) is 0.152. The van der Waals surface area contributed by atoms with Crippen molar-refractivity contribution in [1.29, 1.82) is 0 Å². The molecule has 0 bridgehead atoms. The van der Waals surface area contributed by atoms with Crippen LogP contribution in [0.5, 0.6) is 5.75 Å². The summed E-state index contributed by atoms with van der Waals surface area (Å²) >= 11 is 0. The SMILES string of the molecule is COC(=O)C[C@@H]1C[C@H](Oc2cc(F)cc(CC3CCC(c4ccccc4)(N(C)C)CC3)c2)CN1C(=O)OC(C)(C)C. The van der Waals surface area contributed by atoms with Crippen molar-refractivity contribution >= 4 is 12.1 Å². The van der Waals surface area contributed by atoms with Crippen LogP contribution in [0.4, 0.5) is 9.18 Å². The van der Waals surface area contributed by atoms with Gasteiger partial charge in [-0.2, -0.15) is 0 Å². The molecular weight excluding hydrogens is 523 g/mol. The van der Waals surface area contributed by atoms with Gasteiger partial charge < -0.3 is 19.1 Å². The number of halogens is 1. The van der Waals surface area contributed by atoms with Crippen molar-refractivity contribution < 1.29 is 28.2 Å². The van der Waals surface area contributed by atoms with E-state index in [4.69, 9.17) is 14.2 Å². The van der Waals surface area contributed by atoms with E-state index in [1.807, 2.05) is 6.07 Å². The van der Waals surface area contributed by atoms with Gasteiger partial charge in [-0.1, -0.05) is 30.3 Å². The number of hydrogen-bond donors (Lipinski definition) is 0. The normalized spacial score (nSPS) is 24.8. The lowest BCUT2D eigenvalue weighted by molar-refractivity contribution is -0.141. The molecule has 1 heterocycles. The molecule has 224 valence electrons. The highest BCUT2D eigenvalue weighted by molar-refractivity contribution is 5.73. The molecule has 1 saturated heterocycles. The molecule has 1 aliphatic heterocycles. The molecule has 0 spiro atoms. The summed E-state index contributed by atoms with van der Waals surface area (Å²) in [5.41, 5.74) is 1.62. The smallest absolute Gasteiger partial charge is 0.410 e. The van der Waals surface area contributed by atoms with Gasteiger partial charge in [-0.15, -0.1) is 0 Å². The first kappa shape index (κ1) is 30.8. The average molecular weight is 569 g/mol. The number of methoxy groups -OCH3 is 1. The van der Waals surface area contributed by atoms with Crippen molar-refractivity contribution in [1.82, 2.24) is 9.80 Å². The number of hydrogen-bond acceptors (Lipinski definition) is 6. The molecular formula is C33H45FN2O5. The summed E-state index contributed by atoms with van der Waals surface area (Å²) in [5, 5.41) is 0. The first-order valence-electron chi connectivity index (χ1n) is 14.6. The molecule has 0 N–H and O–H groups in total. The Morgan fingerprint density at radius 3 is 2.37 bits per heavy atom. The van der Waals surface area contributed by atoms with Gasteiger partial charge in [0.2, 0.25) is 0 Å². The van der Waals surface area contributed by atoms with Crippen molar-refractivity contribution in [3.05, 3.63) is 65.5 Å². The van der Waals surface area contributed by atoms with Crippen molar-refractivity contribution in [3.8, 4) is 5.75 Å². The van der Waals surface area contributed by atoms with Crippen molar-refractivity contribution in [2.45, 2.75) is 89.0 Å². The Morgan fingerprint density at radius 2 is 1.76 bits per heavy atom. The Morgan fingerprint density at radius 1 is 1.07 bits per heavy atom. The van der Waals surface area contributed by atoms with Gasteiger partial charge in [0.15, 0.2) is 0 Å². The van der Waals surface area contributed by atoms with E-state index < -0.39 is 29.8 Å². The van der Waals surface area contributed by atoms with E-state index in [2.05, 4.69) is 49.3 Å². The second-order valence-electron chi connectivity index (χ2n) is 12.8. The molecule has 1 saturated carbocycles. The first-order valence-corrected chi connectivity index (χ1v) is 14.6. The quantitative estimate of drug-likeness (QED) is 0.347. The maximum absolute atomic E-state index is 14.8. The molecule has 0 radical (unpaired) electrons. The van der Waals surface area contributed by atoms with Crippen LogP contribution in [0.15, 0.2) is 48.5 Å². The minimum absolute atomic E-state index is 0.0250. The van der Waals surface area contributed by atoms with E-state index in [0.717, 1.165) is 37.7 Å². The topological polar surface area (TPSA) is 68.3 Å². The van der Waals surface area contributed by atoms with Crippen LogP contribution in [0.2, 0.25) is 0 Å². The Kier molecular flexibility index (Phi) is 9.62. The lowest BCUT2D eigenvalue weighted by Crippen LogP contribution is -2.44. The van der Waals surface area contributed by atoms with E-state index in [0.29, 0.717) is 18.1 Å². The molecule has 1 amide bonds. The predicted molar refractivity (Wildman–Crippen MR) is 156 cm³/mol. The fourth-order valence-electron chi connectivity index (χ4n) is 6.41. The predicted octanol–water partition coefficient (Wildman–Crippen LogP) is 6.34. The van der Waals surface area contributed by atoms with Gasteiger partial charge in [0, 0.05) is 24.1 Å². The molecule has 4 rings (SSSR count). The molecule has 41 heavy (non-hydrogen) atoms. The number of amides is 1. The van der Waals surface area contributed by atoms with Crippen LogP contribution in [0.3, 0.4) is 0 Å². The van der Waals surface area contributed by atoms with Crippen molar-refractivity contribution in [3.63, 3.8) is 0 Å². The number of benzene rings is 2. The van der Waals surface area contributed by atoms with E-state index in [1.165, 1.54) is 23.6 Å². The Balaban J connectivity index is 1.41. The van der Waals surface area contributed by atoms with Gasteiger partial charge >= 0.3 is 12.1 Å². The van der Waals surface area contributed by atoms with Crippen LogP contribution in [0.1, 0.15) is 70.4 Å². The summed E-state index contributed by atoms with van der Waals surface area (Å²) in [6.07, 6.45) is 4.58. The zero-order valence-electron chi connectivity index (χ0n) is 25.3. The Labute approximate surface area is 243 Å². The number of carbonyl (C=O) groups is 2. The minimum atomic E-state index is -0.671. The standard InChI is InChI=1S/C33H45FN2O5/c1-32(2,3)41-31(38)36-22-29(20-27(36)21-30(37)39-6)40-28-18-24(17-26(34)19-28)16-23-12-14-33(15-13-23,35(4)5)25-10-8-7-9-11-25/h7-11,17-19,23,27,29H,12-16,20-22H2,1-6H3/t23?,27-,29-,33?/m0/s1. The van der Waals surface area contributed by atoms with E-state index in [-0.39, 0.29) is 24.3 Å². The van der Waals surface area contributed by atoms with Crippen LogP contribution in [-0.2, 0) is 26.2 Å². The summed E-state index contributed by atoms with van der Waals surface area (Å²) in [6, 6.07) is 15.2. The highest BCUT2D eigenvalue weighted by Gasteiger charge is 2.41. The molecule has 2 fully saturated rings. The third-order valence-electron chi connectivity index (χ3n) is 8.49. The Hall–Kier alpha value is -3.13. The maximum atomic E-state index is 14.8. The van der Waals surface area contributed by atoms with Crippen LogP contribution in [0.25, 0.3) is 0 Å². The molecule has 0 aromatic heterocycles. The van der Waals surface area contributed by atoms with Crippen LogP contribution < -0.4 is 4.74 Å². The van der Waals surface area contributed by atoms with Crippen LogP contribution in [0, 0.1) is 11.7 Å². The van der Waals surface area contributed by atoms with Gasteiger partial charge in [-0.05, 0) is 96.1 Å². The summed E-state index contributed by atoms with van der Waals surface area (Å²) in [6.45, 7) is 5.64. The fourth-order valence-corrected chi connectivity index (χ4v) is 6.41. The first-order chi connectivity index (χ1) is 19.4. The zero-order valence-corrected chi connectivity index (χ0v) is 25.3. The van der Waals surface area contributed by atoms with Gasteiger partial charge in [-0.25, -0.2) is 9.18 Å². The molecule has 7 nitrogen and oxygen atoms in total. The molecule has 2 aromatic carbocycles. The largest absolute Gasteiger partial charge is 0.488 e. The number of rotatable bonds is 8. The molecule has 2 aliphatic rings. The fraction of sp³-hybridized carbons (Fsp3) is 0.576. The molecule has 2 atom stereocenters. The van der Waals surface area contributed by atoms with E-state index in [9.17, 15) is 14.0 Å². The lowest BCUT2D eigenvalue weighted by atomic mass is 9.70. The number of carbonyl (C=O) groups excluding carboxylic acids is 2. The van der Waals surface area contributed by atoms with E-state index >= 15 is 0 Å². The van der Waals surface area contributed by atoms with Crippen LogP contribution >= 0.6 is 0 Å². The second kappa shape index (κ2) is 12.8. The third-order valence-corrected chi connectivity index (χ3v) is 8.49. The van der Waals surface area contributed by atoms with Gasteiger partial charge in [-0.3, -0.25) is 9.69 Å². The number of likely N-dealkylation sites (tertiary alicyclic amines) is 1. The van der Waals surface area contributed by atoms with Gasteiger partial charge in [0.1, 0.15) is 23.3 Å². The van der Waals surface area contributed by atoms with Gasteiger partial charge in [0.05, 0.1) is 20.1 Å².